The van der Waals surface area contributed by atoms with E-state index in [0.29, 0.717) is 18.7 Å². The maximum Gasteiger partial charge on any atom is 0.315 e. The molecule has 0 aromatic carbocycles. The summed E-state index contributed by atoms with van der Waals surface area (Å²) in [4.78, 5) is 30.1. The zero-order valence-electron chi connectivity index (χ0n) is 10.1. The van der Waals surface area contributed by atoms with Crippen LogP contribution in [0.5, 0.6) is 0 Å². The van der Waals surface area contributed by atoms with Gasteiger partial charge in [-0.05, 0) is 12.5 Å². The van der Waals surface area contributed by atoms with Crippen LogP contribution in [0, 0.1) is 5.92 Å². The average molecular weight is 262 g/mol. The van der Waals surface area contributed by atoms with E-state index in [0.717, 1.165) is 0 Å². The number of carbonyl (C=O) groups is 2. The second-order valence-corrected chi connectivity index (χ2v) is 4.20. The molecule has 100 valence electrons. The minimum Gasteiger partial charge on any atom is -0.481 e. The fourth-order valence-electron chi connectivity index (χ4n) is 1.80. The van der Waals surface area contributed by atoms with Crippen molar-refractivity contribution in [1.82, 2.24) is 20.6 Å². The topological polar surface area (TPSA) is 104 Å². The first-order chi connectivity index (χ1) is 9.15. The van der Waals surface area contributed by atoms with Gasteiger partial charge >= 0.3 is 12.0 Å². The van der Waals surface area contributed by atoms with Gasteiger partial charge in [-0.3, -0.25) is 4.79 Å². The van der Waals surface area contributed by atoms with E-state index in [1.54, 1.807) is 24.4 Å². The van der Waals surface area contributed by atoms with E-state index in [4.69, 9.17) is 5.11 Å². The molecule has 0 aliphatic heterocycles. The first-order valence-corrected chi connectivity index (χ1v) is 5.85. The molecule has 0 saturated heterocycles. The maximum absolute atomic E-state index is 11.6. The summed E-state index contributed by atoms with van der Waals surface area (Å²) in [5, 5.41) is 14.2. The van der Waals surface area contributed by atoms with Crippen LogP contribution in [0.1, 0.15) is 12.1 Å². The molecule has 1 aromatic heterocycles. The largest absolute Gasteiger partial charge is 0.481 e. The van der Waals surface area contributed by atoms with Crippen LogP contribution in [0.15, 0.2) is 30.7 Å². The first kappa shape index (κ1) is 13.0. The second kappa shape index (κ2) is 5.94. The molecule has 2 rings (SSSR count). The highest BCUT2D eigenvalue weighted by Gasteiger charge is 2.25. The lowest BCUT2D eigenvalue weighted by atomic mass is 10.1. The lowest BCUT2D eigenvalue weighted by Crippen LogP contribution is -2.40. The van der Waals surface area contributed by atoms with Crippen molar-refractivity contribution in [3.8, 4) is 0 Å². The summed E-state index contributed by atoms with van der Waals surface area (Å²) in [5.74, 6) is -1.39. The molecule has 1 aliphatic rings. The van der Waals surface area contributed by atoms with Crippen molar-refractivity contribution in [2.45, 2.75) is 19.0 Å². The quantitative estimate of drug-likeness (QED) is 0.677. The third-order valence-corrected chi connectivity index (χ3v) is 2.79. The van der Waals surface area contributed by atoms with E-state index in [2.05, 4.69) is 20.6 Å². The van der Waals surface area contributed by atoms with Crippen molar-refractivity contribution < 1.29 is 14.7 Å². The fraction of sp³-hybridized carbons (Fsp3) is 0.333. The molecule has 0 fully saturated rings. The molecule has 2 amide bonds. The van der Waals surface area contributed by atoms with Gasteiger partial charge in [0.25, 0.3) is 0 Å². The van der Waals surface area contributed by atoms with E-state index in [1.165, 1.54) is 6.33 Å². The van der Waals surface area contributed by atoms with Gasteiger partial charge in [0.15, 0.2) is 0 Å². The van der Waals surface area contributed by atoms with Gasteiger partial charge in [0.2, 0.25) is 0 Å². The highest BCUT2D eigenvalue weighted by atomic mass is 16.4. The zero-order chi connectivity index (χ0) is 13.7. The number of carbonyl (C=O) groups excluding carboxylic acids is 1. The Morgan fingerprint density at radius 3 is 2.89 bits per heavy atom. The maximum atomic E-state index is 11.6. The van der Waals surface area contributed by atoms with Crippen molar-refractivity contribution in [3.63, 3.8) is 0 Å². The zero-order valence-corrected chi connectivity index (χ0v) is 10.1. The summed E-state index contributed by atoms with van der Waals surface area (Å²) >= 11 is 0. The lowest BCUT2D eigenvalue weighted by Gasteiger charge is -2.12. The molecular weight excluding hydrogens is 248 g/mol. The molecule has 0 spiro atoms. The third kappa shape index (κ3) is 3.77. The van der Waals surface area contributed by atoms with Crippen LogP contribution in [0.25, 0.3) is 0 Å². The van der Waals surface area contributed by atoms with Crippen LogP contribution in [0.4, 0.5) is 4.79 Å². The molecule has 19 heavy (non-hydrogen) atoms. The monoisotopic (exact) mass is 262 g/mol. The van der Waals surface area contributed by atoms with Crippen molar-refractivity contribution in [2.24, 2.45) is 5.92 Å². The normalized spacial score (nSPS) is 21.1. The molecule has 7 heteroatoms. The highest BCUT2D eigenvalue weighted by Crippen LogP contribution is 2.17. The smallest absolute Gasteiger partial charge is 0.315 e. The van der Waals surface area contributed by atoms with Gasteiger partial charge in [-0.15, -0.1) is 0 Å². The molecule has 2 unspecified atom stereocenters. The van der Waals surface area contributed by atoms with Gasteiger partial charge in [0.1, 0.15) is 6.33 Å². The van der Waals surface area contributed by atoms with Crippen LogP contribution in [-0.2, 0) is 11.3 Å². The fourth-order valence-corrected chi connectivity index (χ4v) is 1.80. The molecular formula is C12H14N4O3. The van der Waals surface area contributed by atoms with Crippen molar-refractivity contribution in [2.75, 3.05) is 0 Å². The van der Waals surface area contributed by atoms with Crippen molar-refractivity contribution in [1.29, 1.82) is 0 Å². The van der Waals surface area contributed by atoms with Gasteiger partial charge in [-0.1, -0.05) is 12.2 Å². The van der Waals surface area contributed by atoms with Crippen LogP contribution >= 0.6 is 0 Å². The number of carboxylic acids is 1. The van der Waals surface area contributed by atoms with E-state index >= 15 is 0 Å². The van der Waals surface area contributed by atoms with Crippen LogP contribution in [0.3, 0.4) is 0 Å². The van der Waals surface area contributed by atoms with Gasteiger partial charge in [0.05, 0.1) is 24.2 Å². The SMILES string of the molecule is O=C(NCc1ccncn1)NC1C=CC(C(=O)O)C1. The average Bonchev–Trinajstić information content (AvgIpc) is 2.86. The predicted octanol–water partition coefficient (Wildman–Crippen LogP) is 0.305. The summed E-state index contributed by atoms with van der Waals surface area (Å²) in [6.45, 7) is 0.299. The molecule has 2 atom stereocenters. The predicted molar refractivity (Wildman–Crippen MR) is 66.1 cm³/mol. The number of aliphatic carboxylic acids is 1. The molecule has 3 N–H and O–H groups in total. The van der Waals surface area contributed by atoms with Crippen LogP contribution in [-0.4, -0.2) is 33.1 Å². The number of hydrogen-bond donors (Lipinski definition) is 3. The number of rotatable bonds is 4. The first-order valence-electron chi connectivity index (χ1n) is 5.85. The van der Waals surface area contributed by atoms with Gasteiger partial charge in [0, 0.05) is 6.20 Å². The van der Waals surface area contributed by atoms with Gasteiger partial charge in [-0.2, -0.15) is 0 Å². The summed E-state index contributed by atoms with van der Waals surface area (Å²) in [6.07, 6.45) is 6.68. The molecule has 0 saturated carbocycles. The molecule has 1 aliphatic carbocycles. The lowest BCUT2D eigenvalue weighted by molar-refractivity contribution is -0.140. The number of hydrogen-bond acceptors (Lipinski definition) is 4. The van der Waals surface area contributed by atoms with E-state index in [9.17, 15) is 9.59 Å². The number of amides is 2. The Bertz CT molecular complexity index is 489. The summed E-state index contributed by atoms with van der Waals surface area (Å²) < 4.78 is 0. The third-order valence-electron chi connectivity index (χ3n) is 2.79. The molecule has 0 radical (unpaired) electrons. The van der Waals surface area contributed by atoms with E-state index < -0.39 is 11.9 Å². The van der Waals surface area contributed by atoms with Crippen LogP contribution < -0.4 is 10.6 Å². The number of aromatic nitrogens is 2. The second-order valence-electron chi connectivity index (χ2n) is 4.20. The standard InChI is InChI=1S/C12H14N4O3/c17-11(18)8-1-2-9(5-8)16-12(19)14-6-10-3-4-13-7-15-10/h1-4,7-9H,5-6H2,(H,17,18)(H2,14,16,19). The summed E-state index contributed by atoms with van der Waals surface area (Å²) in [5.41, 5.74) is 0.704. The minimum absolute atomic E-state index is 0.244. The Kier molecular flexibility index (Phi) is 4.07. The number of carboxylic acid groups (broad SMARTS) is 1. The van der Waals surface area contributed by atoms with E-state index in [-0.39, 0.29) is 12.1 Å². The van der Waals surface area contributed by atoms with Crippen LogP contribution in [0.2, 0.25) is 0 Å². The van der Waals surface area contributed by atoms with Gasteiger partial charge in [-0.25, -0.2) is 14.8 Å². The molecule has 1 heterocycles. The molecule has 0 bridgehead atoms. The summed E-state index contributed by atoms with van der Waals surface area (Å²) in [6, 6.07) is 1.11. The Hall–Kier alpha value is -2.44. The summed E-state index contributed by atoms with van der Waals surface area (Å²) in [7, 11) is 0. The number of nitrogens with one attached hydrogen (secondary N) is 2. The van der Waals surface area contributed by atoms with Crippen molar-refractivity contribution in [3.05, 3.63) is 36.4 Å². The Morgan fingerprint density at radius 1 is 1.42 bits per heavy atom. The van der Waals surface area contributed by atoms with E-state index in [1.807, 2.05) is 0 Å². The minimum atomic E-state index is -0.873. The number of urea groups is 1. The molecule has 7 nitrogen and oxygen atoms in total. The van der Waals surface area contributed by atoms with Gasteiger partial charge < -0.3 is 15.7 Å². The Morgan fingerprint density at radius 2 is 2.26 bits per heavy atom. The number of nitrogens with zero attached hydrogens (tertiary/aromatic N) is 2. The van der Waals surface area contributed by atoms with Crippen molar-refractivity contribution >= 4 is 12.0 Å². The molecule has 1 aromatic rings. The highest BCUT2D eigenvalue weighted by molar-refractivity contribution is 5.76. The Labute approximate surface area is 109 Å². The Balaban J connectivity index is 1.74.